The second-order valence-electron chi connectivity index (χ2n) is 6.36. The molecule has 1 aliphatic heterocycles. The molecule has 0 spiro atoms. The number of nitrogens with zero attached hydrogens (tertiary/aromatic N) is 2. The maximum absolute atomic E-state index is 12.4. The molecule has 0 saturated carbocycles. The van der Waals surface area contributed by atoms with Gasteiger partial charge in [0, 0.05) is 30.0 Å². The van der Waals surface area contributed by atoms with Crippen molar-refractivity contribution >= 4 is 39.2 Å². The Morgan fingerprint density at radius 3 is 2.68 bits per heavy atom. The van der Waals surface area contributed by atoms with Crippen LogP contribution in [0.1, 0.15) is 19.8 Å². The first-order chi connectivity index (χ1) is 13.7. The number of thiazole rings is 1. The minimum atomic E-state index is -0.0697. The van der Waals surface area contributed by atoms with Gasteiger partial charge >= 0.3 is 0 Å². The zero-order valence-electron chi connectivity index (χ0n) is 15.7. The molecule has 28 heavy (non-hydrogen) atoms. The first-order valence-electron chi connectivity index (χ1n) is 9.43. The summed E-state index contributed by atoms with van der Waals surface area (Å²) in [5, 5.41) is 0. The van der Waals surface area contributed by atoms with Crippen molar-refractivity contribution in [2.45, 2.75) is 31.2 Å². The maximum atomic E-state index is 12.4. The van der Waals surface area contributed by atoms with Gasteiger partial charge in [0.05, 0.1) is 10.2 Å². The topological polar surface area (TPSA) is 52.8 Å². The second-order valence-corrected chi connectivity index (χ2v) is 8.54. The molecule has 7 heteroatoms. The fraction of sp³-hybridized carbons (Fsp3) is 0.333. The molecule has 0 radical (unpaired) electrons. The second kappa shape index (κ2) is 8.84. The number of aromatic nitrogens is 1. The molecular weight excluding hydrogens is 392 g/mol. The normalized spacial score (nSPS) is 13.8. The van der Waals surface area contributed by atoms with Crippen LogP contribution in [0.2, 0.25) is 0 Å². The van der Waals surface area contributed by atoms with Crippen LogP contribution in [0, 0.1) is 0 Å². The number of benzene rings is 2. The van der Waals surface area contributed by atoms with E-state index in [2.05, 4.69) is 28.6 Å². The minimum Gasteiger partial charge on any atom is -0.486 e. The lowest BCUT2D eigenvalue weighted by atomic mass is 10.2. The van der Waals surface area contributed by atoms with Crippen molar-refractivity contribution in [3.05, 3.63) is 47.3 Å². The van der Waals surface area contributed by atoms with E-state index in [1.54, 1.807) is 11.8 Å². The third-order valence-corrected chi connectivity index (χ3v) is 6.57. The van der Waals surface area contributed by atoms with Gasteiger partial charge in [-0.3, -0.25) is 4.79 Å². The molecule has 0 unspecified atom stereocenters. The summed E-state index contributed by atoms with van der Waals surface area (Å²) < 4.78 is 14.5. The summed E-state index contributed by atoms with van der Waals surface area (Å²) in [4.78, 5) is 18.7. The highest BCUT2D eigenvalue weighted by Gasteiger charge is 2.16. The first kappa shape index (κ1) is 19.1. The van der Waals surface area contributed by atoms with E-state index in [0.717, 1.165) is 45.2 Å². The summed E-state index contributed by atoms with van der Waals surface area (Å²) in [6.45, 7) is 3.93. The molecule has 0 fully saturated rings. The summed E-state index contributed by atoms with van der Waals surface area (Å²) in [5.41, 5.74) is 1.03. The number of hydrogen-bond acceptors (Lipinski definition) is 5. The first-order valence-corrected chi connectivity index (χ1v) is 11.2. The molecule has 0 saturated heterocycles. The molecule has 0 bridgehead atoms. The Morgan fingerprint density at radius 2 is 1.93 bits per heavy atom. The van der Waals surface area contributed by atoms with E-state index in [-0.39, 0.29) is 5.91 Å². The van der Waals surface area contributed by atoms with Crippen molar-refractivity contribution in [1.82, 2.24) is 4.57 Å². The number of rotatable bonds is 6. The lowest BCUT2D eigenvalue weighted by Crippen LogP contribution is -2.17. The summed E-state index contributed by atoms with van der Waals surface area (Å²) in [7, 11) is 0. The van der Waals surface area contributed by atoms with E-state index >= 15 is 0 Å². The van der Waals surface area contributed by atoms with E-state index in [1.807, 2.05) is 30.3 Å². The smallest absolute Gasteiger partial charge is 0.248 e. The van der Waals surface area contributed by atoms with Crippen molar-refractivity contribution in [1.29, 1.82) is 0 Å². The Balaban J connectivity index is 1.47. The number of hydrogen-bond donors (Lipinski definition) is 0. The Morgan fingerprint density at radius 1 is 1.18 bits per heavy atom. The van der Waals surface area contributed by atoms with Crippen LogP contribution in [0.15, 0.2) is 52.4 Å². The standard InChI is InChI=1S/C21H22N2O3S2/c1-2-23-16-13-17-18(26-11-10-25-17)14-19(16)28-21(23)22-20(24)9-6-12-27-15-7-4-3-5-8-15/h3-5,7-8,13-14H,2,6,9-12H2,1H3. The average molecular weight is 415 g/mol. The van der Waals surface area contributed by atoms with E-state index in [9.17, 15) is 4.79 Å². The largest absolute Gasteiger partial charge is 0.486 e. The molecule has 0 N–H and O–H groups in total. The zero-order chi connectivity index (χ0) is 19.3. The quantitative estimate of drug-likeness (QED) is 0.440. The van der Waals surface area contributed by atoms with E-state index in [1.165, 1.54) is 16.2 Å². The lowest BCUT2D eigenvalue weighted by Gasteiger charge is -2.18. The lowest BCUT2D eigenvalue weighted by molar-refractivity contribution is -0.118. The average Bonchev–Trinajstić information content (AvgIpc) is 3.05. The van der Waals surface area contributed by atoms with Crippen LogP contribution < -0.4 is 14.3 Å². The molecular formula is C21H22N2O3S2. The summed E-state index contributed by atoms with van der Waals surface area (Å²) >= 11 is 3.29. The molecule has 2 heterocycles. The molecule has 1 amide bonds. The molecule has 0 aliphatic carbocycles. The Bertz CT molecular complexity index is 1040. The number of ether oxygens (including phenoxy) is 2. The van der Waals surface area contributed by atoms with E-state index in [0.29, 0.717) is 19.6 Å². The highest BCUT2D eigenvalue weighted by molar-refractivity contribution is 7.99. The summed E-state index contributed by atoms with van der Waals surface area (Å²) in [6, 6.07) is 14.2. The highest BCUT2D eigenvalue weighted by Crippen LogP contribution is 2.35. The van der Waals surface area contributed by atoms with Crippen molar-refractivity contribution in [2.75, 3.05) is 19.0 Å². The molecule has 5 nitrogen and oxygen atoms in total. The molecule has 2 aromatic carbocycles. The van der Waals surface area contributed by atoms with Crippen LogP contribution in [-0.4, -0.2) is 29.4 Å². The monoisotopic (exact) mass is 414 g/mol. The van der Waals surface area contributed by atoms with Crippen molar-refractivity contribution < 1.29 is 14.3 Å². The van der Waals surface area contributed by atoms with Gasteiger partial charge < -0.3 is 14.0 Å². The summed E-state index contributed by atoms with van der Waals surface area (Å²) in [6.07, 6.45) is 1.27. The summed E-state index contributed by atoms with van der Waals surface area (Å²) in [5.74, 6) is 2.36. The zero-order valence-corrected chi connectivity index (χ0v) is 17.4. The van der Waals surface area contributed by atoms with Gasteiger partial charge in [-0.15, -0.1) is 11.8 Å². The van der Waals surface area contributed by atoms with E-state index < -0.39 is 0 Å². The van der Waals surface area contributed by atoms with Crippen molar-refractivity contribution in [3.8, 4) is 11.5 Å². The van der Waals surface area contributed by atoms with Gasteiger partial charge in [0.1, 0.15) is 13.2 Å². The molecule has 1 aromatic heterocycles. The number of aryl methyl sites for hydroxylation is 1. The number of carbonyl (C=O) groups is 1. The van der Waals surface area contributed by atoms with Gasteiger partial charge in [0.15, 0.2) is 16.3 Å². The number of fused-ring (bicyclic) bond motifs is 2. The SMILES string of the molecule is CCn1c(=NC(=O)CCCSc2ccccc2)sc2cc3c(cc21)OCCO3. The Kier molecular flexibility index (Phi) is 6.02. The third-order valence-electron chi connectivity index (χ3n) is 4.43. The fourth-order valence-corrected chi connectivity index (χ4v) is 5.09. The van der Waals surface area contributed by atoms with Crippen molar-refractivity contribution in [2.24, 2.45) is 4.99 Å². The fourth-order valence-electron chi connectivity index (χ4n) is 3.09. The number of carbonyl (C=O) groups excluding carboxylic acids is 1. The third kappa shape index (κ3) is 4.25. The van der Waals surface area contributed by atoms with E-state index in [4.69, 9.17) is 9.47 Å². The Labute approximate surface area is 172 Å². The van der Waals surface area contributed by atoms with Crippen LogP contribution >= 0.6 is 23.1 Å². The van der Waals surface area contributed by atoms with Gasteiger partial charge in [0.25, 0.3) is 0 Å². The Hall–Kier alpha value is -2.25. The van der Waals surface area contributed by atoms with Crippen LogP contribution in [0.5, 0.6) is 11.5 Å². The maximum Gasteiger partial charge on any atom is 0.248 e. The van der Waals surface area contributed by atoms with Crippen LogP contribution in [0.4, 0.5) is 0 Å². The van der Waals surface area contributed by atoms with Crippen LogP contribution in [-0.2, 0) is 11.3 Å². The van der Waals surface area contributed by atoms with Gasteiger partial charge in [-0.25, -0.2) is 0 Å². The molecule has 3 aromatic rings. The van der Waals surface area contributed by atoms with Gasteiger partial charge in [-0.2, -0.15) is 4.99 Å². The van der Waals surface area contributed by atoms with Crippen molar-refractivity contribution in [3.63, 3.8) is 0 Å². The predicted octanol–water partition coefficient (Wildman–Crippen LogP) is 4.49. The van der Waals surface area contributed by atoms with Crippen LogP contribution in [0.25, 0.3) is 10.2 Å². The van der Waals surface area contributed by atoms with Gasteiger partial charge in [0.2, 0.25) is 5.91 Å². The molecule has 0 atom stereocenters. The number of amides is 1. The molecule has 4 rings (SSSR count). The van der Waals surface area contributed by atoms with Gasteiger partial charge in [-0.1, -0.05) is 29.5 Å². The number of thioether (sulfide) groups is 1. The predicted molar refractivity (Wildman–Crippen MR) is 113 cm³/mol. The van der Waals surface area contributed by atoms with Gasteiger partial charge in [-0.05, 0) is 31.2 Å². The molecule has 146 valence electrons. The highest BCUT2D eigenvalue weighted by atomic mass is 32.2. The van der Waals surface area contributed by atoms with Crippen LogP contribution in [0.3, 0.4) is 0 Å². The minimum absolute atomic E-state index is 0.0697. The molecule has 1 aliphatic rings.